The molecule has 2 heteroatoms. The van der Waals surface area contributed by atoms with Gasteiger partial charge in [0, 0.05) is 30.1 Å². The largest absolute Gasteiger partial charge is 0.327 e. The highest BCUT2D eigenvalue weighted by Gasteiger charge is 2.61. The molecule has 2 nitrogen and oxygen atoms in total. The molecule has 1 aliphatic heterocycles. The van der Waals surface area contributed by atoms with E-state index in [2.05, 4.69) is 25.7 Å². The predicted molar refractivity (Wildman–Crippen MR) is 55.6 cm³/mol. The lowest BCUT2D eigenvalue weighted by Gasteiger charge is -2.50. The Labute approximate surface area is 81.5 Å². The van der Waals surface area contributed by atoms with Crippen LogP contribution in [0.15, 0.2) is 0 Å². The lowest BCUT2D eigenvalue weighted by molar-refractivity contribution is -0.0173. The molecule has 1 atom stereocenters. The molecule has 13 heavy (non-hydrogen) atoms. The van der Waals surface area contributed by atoms with Crippen molar-refractivity contribution in [3.63, 3.8) is 0 Å². The molecule has 1 heterocycles. The van der Waals surface area contributed by atoms with Gasteiger partial charge in [0.25, 0.3) is 0 Å². The maximum atomic E-state index is 5.92. The van der Waals surface area contributed by atoms with Crippen molar-refractivity contribution in [2.75, 3.05) is 13.1 Å². The fourth-order valence-corrected chi connectivity index (χ4v) is 2.65. The minimum atomic E-state index is 0.405. The smallest absolute Gasteiger partial charge is 0.0153 e. The Morgan fingerprint density at radius 3 is 2.38 bits per heavy atom. The van der Waals surface area contributed by atoms with E-state index in [0.717, 1.165) is 0 Å². The summed E-state index contributed by atoms with van der Waals surface area (Å²) in [7, 11) is 0. The van der Waals surface area contributed by atoms with Gasteiger partial charge in [0.2, 0.25) is 0 Å². The molecule has 76 valence electrons. The van der Waals surface area contributed by atoms with Crippen molar-refractivity contribution in [3.8, 4) is 0 Å². The van der Waals surface area contributed by atoms with Gasteiger partial charge in [-0.3, -0.25) is 4.90 Å². The Balaban J connectivity index is 1.85. The number of likely N-dealkylation sites (tertiary alicyclic amines) is 1. The zero-order valence-corrected chi connectivity index (χ0v) is 9.14. The molecule has 2 fully saturated rings. The highest BCUT2D eigenvalue weighted by atomic mass is 15.3. The minimum absolute atomic E-state index is 0.405. The fraction of sp³-hybridized carbons (Fsp3) is 1.00. The van der Waals surface area contributed by atoms with Gasteiger partial charge in [0.1, 0.15) is 0 Å². The molecule has 0 aromatic heterocycles. The van der Waals surface area contributed by atoms with Crippen molar-refractivity contribution in [2.24, 2.45) is 11.1 Å². The number of hydrogen-bond acceptors (Lipinski definition) is 2. The number of nitrogens with zero attached hydrogens (tertiary/aromatic N) is 1. The number of nitrogens with two attached hydrogens (primary N) is 1. The van der Waals surface area contributed by atoms with Crippen LogP contribution < -0.4 is 5.73 Å². The van der Waals surface area contributed by atoms with E-state index in [1.807, 2.05) is 0 Å². The van der Waals surface area contributed by atoms with Gasteiger partial charge in [-0.1, -0.05) is 13.3 Å². The van der Waals surface area contributed by atoms with Gasteiger partial charge in [-0.2, -0.15) is 0 Å². The summed E-state index contributed by atoms with van der Waals surface area (Å²) < 4.78 is 0. The number of rotatable bonds is 3. The molecular weight excluding hydrogens is 160 g/mol. The van der Waals surface area contributed by atoms with E-state index >= 15 is 0 Å². The summed E-state index contributed by atoms with van der Waals surface area (Å²) >= 11 is 0. The van der Waals surface area contributed by atoms with Gasteiger partial charge in [0.05, 0.1) is 0 Å². The maximum Gasteiger partial charge on any atom is 0.0153 e. The maximum absolute atomic E-state index is 5.92. The molecule has 1 aliphatic carbocycles. The topological polar surface area (TPSA) is 29.3 Å². The normalized spacial score (nSPS) is 31.8. The Bertz CT molecular complexity index is 204. The van der Waals surface area contributed by atoms with Crippen molar-refractivity contribution in [3.05, 3.63) is 0 Å². The average Bonchev–Trinajstić information content (AvgIpc) is 2.58. The van der Waals surface area contributed by atoms with Crippen LogP contribution in [0.5, 0.6) is 0 Å². The summed E-state index contributed by atoms with van der Waals surface area (Å²) in [5, 5.41) is 0. The van der Waals surface area contributed by atoms with E-state index in [9.17, 15) is 0 Å². The first-order valence-electron chi connectivity index (χ1n) is 5.51. The zero-order chi connectivity index (χ0) is 9.69. The van der Waals surface area contributed by atoms with Crippen LogP contribution in [0, 0.1) is 5.41 Å². The highest BCUT2D eigenvalue weighted by molar-refractivity contribution is 5.17. The van der Waals surface area contributed by atoms with Gasteiger partial charge in [0.15, 0.2) is 0 Å². The molecule has 1 saturated carbocycles. The van der Waals surface area contributed by atoms with E-state index in [1.165, 1.54) is 32.4 Å². The molecule has 0 amide bonds. The van der Waals surface area contributed by atoms with E-state index in [4.69, 9.17) is 5.73 Å². The Morgan fingerprint density at radius 2 is 2.00 bits per heavy atom. The average molecular weight is 182 g/mol. The minimum Gasteiger partial charge on any atom is -0.327 e. The molecule has 0 bridgehead atoms. The summed E-state index contributed by atoms with van der Waals surface area (Å²) in [6.07, 6.45) is 3.85. The second-order valence-electron chi connectivity index (χ2n) is 5.59. The molecule has 0 aromatic carbocycles. The van der Waals surface area contributed by atoms with Crippen LogP contribution in [0.2, 0.25) is 0 Å². The Morgan fingerprint density at radius 1 is 1.46 bits per heavy atom. The Hall–Kier alpha value is -0.0800. The van der Waals surface area contributed by atoms with Gasteiger partial charge < -0.3 is 5.73 Å². The van der Waals surface area contributed by atoms with E-state index < -0.39 is 0 Å². The second-order valence-corrected chi connectivity index (χ2v) is 5.59. The van der Waals surface area contributed by atoms with Crippen LogP contribution in [0.1, 0.15) is 40.0 Å². The Kier molecular flexibility index (Phi) is 1.97. The number of hydrogen-bond donors (Lipinski definition) is 1. The fourth-order valence-electron chi connectivity index (χ4n) is 2.65. The van der Waals surface area contributed by atoms with E-state index in [-0.39, 0.29) is 0 Å². The monoisotopic (exact) mass is 182 g/mol. The molecule has 1 spiro atoms. The van der Waals surface area contributed by atoms with Gasteiger partial charge in [-0.15, -0.1) is 0 Å². The second kappa shape index (κ2) is 2.71. The van der Waals surface area contributed by atoms with Crippen molar-refractivity contribution in [2.45, 2.75) is 51.6 Å². The van der Waals surface area contributed by atoms with Crippen LogP contribution in [0.4, 0.5) is 0 Å². The molecule has 2 aliphatic rings. The molecule has 1 unspecified atom stereocenters. The van der Waals surface area contributed by atoms with Gasteiger partial charge in [-0.25, -0.2) is 0 Å². The van der Waals surface area contributed by atoms with Gasteiger partial charge in [-0.05, 0) is 26.7 Å². The standard InChI is InChI=1S/C11H22N2/c1-4-5-10(2,3)13-7-11(8-13)6-9(11)12/h9H,4-8,12H2,1-3H3. The van der Waals surface area contributed by atoms with Crippen LogP contribution in [-0.4, -0.2) is 29.6 Å². The lowest BCUT2D eigenvalue weighted by atomic mass is 9.86. The summed E-state index contributed by atoms with van der Waals surface area (Å²) in [5.41, 5.74) is 6.88. The SMILES string of the molecule is CCCC(C)(C)N1CC2(CC2N)C1. The van der Waals surface area contributed by atoms with Crippen molar-refractivity contribution in [1.29, 1.82) is 0 Å². The van der Waals surface area contributed by atoms with E-state index in [0.29, 0.717) is 17.0 Å². The van der Waals surface area contributed by atoms with Gasteiger partial charge >= 0.3 is 0 Å². The first kappa shape index (κ1) is 9.47. The van der Waals surface area contributed by atoms with Crippen molar-refractivity contribution < 1.29 is 0 Å². The van der Waals surface area contributed by atoms with Crippen molar-refractivity contribution >= 4 is 0 Å². The zero-order valence-electron chi connectivity index (χ0n) is 9.14. The summed E-state index contributed by atoms with van der Waals surface area (Å²) in [4.78, 5) is 2.60. The first-order chi connectivity index (χ1) is 6.00. The molecule has 2 rings (SSSR count). The highest BCUT2D eigenvalue weighted by Crippen LogP contribution is 2.53. The molecule has 0 radical (unpaired) electrons. The molecule has 2 N–H and O–H groups in total. The molecule has 1 saturated heterocycles. The molecule has 0 aromatic rings. The third-order valence-corrected chi connectivity index (χ3v) is 3.98. The van der Waals surface area contributed by atoms with Crippen LogP contribution in [0.25, 0.3) is 0 Å². The van der Waals surface area contributed by atoms with Crippen LogP contribution in [-0.2, 0) is 0 Å². The third-order valence-electron chi connectivity index (χ3n) is 3.98. The quantitative estimate of drug-likeness (QED) is 0.718. The summed E-state index contributed by atoms with van der Waals surface area (Å²) in [6.45, 7) is 9.48. The summed E-state index contributed by atoms with van der Waals surface area (Å²) in [6, 6.07) is 0.515. The predicted octanol–water partition coefficient (Wildman–Crippen LogP) is 1.60. The molecular formula is C11H22N2. The van der Waals surface area contributed by atoms with Crippen LogP contribution >= 0.6 is 0 Å². The van der Waals surface area contributed by atoms with Crippen LogP contribution in [0.3, 0.4) is 0 Å². The van der Waals surface area contributed by atoms with E-state index in [1.54, 1.807) is 0 Å². The van der Waals surface area contributed by atoms with Crippen molar-refractivity contribution in [1.82, 2.24) is 4.90 Å². The third kappa shape index (κ3) is 1.40. The first-order valence-corrected chi connectivity index (χ1v) is 5.51. The summed E-state index contributed by atoms with van der Waals surface area (Å²) in [5.74, 6) is 0. The lowest BCUT2D eigenvalue weighted by Crippen LogP contribution is -2.60.